The van der Waals surface area contributed by atoms with Gasteiger partial charge in [-0.05, 0) is 43.4 Å². The van der Waals surface area contributed by atoms with Crippen molar-refractivity contribution in [2.45, 2.75) is 20.1 Å². The van der Waals surface area contributed by atoms with E-state index in [0.717, 1.165) is 49.2 Å². The molecule has 2 aromatic rings. The van der Waals surface area contributed by atoms with Crippen molar-refractivity contribution >= 4 is 17.9 Å². The van der Waals surface area contributed by atoms with Crippen LogP contribution in [0.2, 0.25) is 0 Å². The molecule has 1 aliphatic rings. The lowest BCUT2D eigenvalue weighted by Crippen LogP contribution is -2.47. The molecular formula is C18H25N5OS. The Hall–Kier alpha value is -2.12. The average molecular weight is 359 g/mol. The van der Waals surface area contributed by atoms with Gasteiger partial charge in [-0.25, -0.2) is 4.68 Å². The Balaban J connectivity index is 1.60. The highest BCUT2D eigenvalue weighted by Gasteiger charge is 2.18. The van der Waals surface area contributed by atoms with Gasteiger partial charge in [0.15, 0.2) is 4.77 Å². The van der Waals surface area contributed by atoms with Crippen molar-refractivity contribution in [3.05, 3.63) is 47.5 Å². The third kappa shape index (κ3) is 3.93. The van der Waals surface area contributed by atoms with Crippen LogP contribution in [0.1, 0.15) is 5.82 Å². The normalized spacial score (nSPS) is 15.4. The zero-order chi connectivity index (χ0) is 17.8. The number of aryl methyl sites for hydroxylation is 1. The monoisotopic (exact) mass is 359 g/mol. The van der Waals surface area contributed by atoms with Gasteiger partial charge in [-0.15, -0.1) is 6.58 Å². The maximum atomic E-state index is 5.54. The van der Waals surface area contributed by atoms with Crippen LogP contribution in [-0.2, 0) is 13.2 Å². The quantitative estimate of drug-likeness (QED) is 0.586. The Bertz CT molecular complexity index is 772. The molecule has 0 bridgehead atoms. The maximum Gasteiger partial charge on any atom is 0.199 e. The molecule has 0 radical (unpaired) electrons. The molecule has 1 aromatic heterocycles. The lowest BCUT2D eigenvalue weighted by Gasteiger charge is -2.35. The summed E-state index contributed by atoms with van der Waals surface area (Å²) in [4.78, 5) is 4.79. The molecule has 0 aliphatic carbocycles. The van der Waals surface area contributed by atoms with E-state index in [1.165, 1.54) is 5.69 Å². The second-order valence-corrected chi connectivity index (χ2v) is 6.54. The Kier molecular flexibility index (Phi) is 5.55. The van der Waals surface area contributed by atoms with E-state index in [-0.39, 0.29) is 0 Å². The molecule has 0 spiro atoms. The van der Waals surface area contributed by atoms with Crippen molar-refractivity contribution in [1.82, 2.24) is 19.2 Å². The van der Waals surface area contributed by atoms with Crippen molar-refractivity contribution in [3.63, 3.8) is 0 Å². The minimum atomic E-state index is 0.704. The number of allylic oxidation sites excluding steroid dienone is 1. The van der Waals surface area contributed by atoms with E-state index in [4.69, 9.17) is 17.0 Å². The maximum absolute atomic E-state index is 5.54. The zero-order valence-corrected chi connectivity index (χ0v) is 15.7. The SMILES string of the molecule is C=CCn1c(C)nn(CN2CCN(c3ccc(OC)cc3)CC2)c1=S. The van der Waals surface area contributed by atoms with E-state index in [1.54, 1.807) is 7.11 Å². The molecule has 1 fully saturated rings. The van der Waals surface area contributed by atoms with Crippen LogP contribution in [0, 0.1) is 11.7 Å². The first-order chi connectivity index (χ1) is 12.1. The van der Waals surface area contributed by atoms with E-state index < -0.39 is 0 Å². The summed E-state index contributed by atoms with van der Waals surface area (Å²) in [7, 11) is 1.69. The van der Waals surface area contributed by atoms with Crippen LogP contribution in [0.3, 0.4) is 0 Å². The molecule has 2 heterocycles. The summed E-state index contributed by atoms with van der Waals surface area (Å²) in [5, 5.41) is 4.58. The average Bonchev–Trinajstić information content (AvgIpc) is 2.90. The predicted octanol–water partition coefficient (Wildman–Crippen LogP) is 2.70. The van der Waals surface area contributed by atoms with Gasteiger partial charge < -0.3 is 14.2 Å². The van der Waals surface area contributed by atoms with Gasteiger partial charge >= 0.3 is 0 Å². The fourth-order valence-corrected chi connectivity index (χ4v) is 3.42. The molecule has 0 N–H and O–H groups in total. The summed E-state index contributed by atoms with van der Waals surface area (Å²) in [6.07, 6.45) is 1.85. The van der Waals surface area contributed by atoms with Gasteiger partial charge in [0.1, 0.15) is 11.6 Å². The van der Waals surface area contributed by atoms with Crippen molar-refractivity contribution in [3.8, 4) is 5.75 Å². The van der Waals surface area contributed by atoms with Gasteiger partial charge in [0.25, 0.3) is 0 Å². The summed E-state index contributed by atoms with van der Waals surface area (Å²) >= 11 is 5.54. The van der Waals surface area contributed by atoms with Crippen LogP contribution < -0.4 is 9.64 Å². The first kappa shape index (κ1) is 17.7. The van der Waals surface area contributed by atoms with Crippen molar-refractivity contribution in [2.24, 2.45) is 0 Å². The first-order valence-corrected chi connectivity index (χ1v) is 8.89. The molecule has 25 heavy (non-hydrogen) atoms. The standard InChI is InChI=1S/C18H25N5OS/c1-4-9-22-15(2)19-23(18(22)25)14-20-10-12-21(13-11-20)16-5-7-17(24-3)8-6-16/h4-8H,1,9-14H2,2-3H3. The van der Waals surface area contributed by atoms with Crippen LogP contribution in [-0.4, -0.2) is 52.5 Å². The van der Waals surface area contributed by atoms with Crippen LogP contribution in [0.4, 0.5) is 5.69 Å². The molecule has 1 saturated heterocycles. The highest BCUT2D eigenvalue weighted by Crippen LogP contribution is 2.20. The summed E-state index contributed by atoms with van der Waals surface area (Å²) in [5.41, 5.74) is 1.24. The van der Waals surface area contributed by atoms with E-state index in [9.17, 15) is 0 Å². The Morgan fingerprint density at radius 2 is 1.88 bits per heavy atom. The second-order valence-electron chi connectivity index (χ2n) is 6.17. The molecule has 7 heteroatoms. The van der Waals surface area contributed by atoms with Gasteiger partial charge in [0.2, 0.25) is 0 Å². The number of nitrogens with zero attached hydrogens (tertiary/aromatic N) is 5. The van der Waals surface area contributed by atoms with Crippen LogP contribution >= 0.6 is 12.2 Å². The van der Waals surface area contributed by atoms with Crippen molar-refractivity contribution < 1.29 is 4.74 Å². The Morgan fingerprint density at radius 3 is 2.48 bits per heavy atom. The van der Waals surface area contributed by atoms with Gasteiger partial charge in [0, 0.05) is 38.4 Å². The number of benzene rings is 1. The first-order valence-electron chi connectivity index (χ1n) is 8.49. The smallest absolute Gasteiger partial charge is 0.199 e. The Labute approximate surface area is 153 Å². The fraction of sp³-hybridized carbons (Fsp3) is 0.444. The van der Waals surface area contributed by atoms with Gasteiger partial charge in [0.05, 0.1) is 13.8 Å². The minimum Gasteiger partial charge on any atom is -0.497 e. The lowest BCUT2D eigenvalue weighted by atomic mass is 10.2. The molecule has 1 aromatic carbocycles. The van der Waals surface area contributed by atoms with Gasteiger partial charge in [-0.3, -0.25) is 4.90 Å². The van der Waals surface area contributed by atoms with E-state index in [1.807, 2.05) is 34.4 Å². The number of aromatic nitrogens is 3. The second kappa shape index (κ2) is 7.84. The summed E-state index contributed by atoms with van der Waals surface area (Å²) in [5.74, 6) is 1.82. The molecule has 0 amide bonds. The third-order valence-electron chi connectivity index (χ3n) is 4.56. The topological polar surface area (TPSA) is 38.5 Å². The van der Waals surface area contributed by atoms with Gasteiger partial charge in [-0.1, -0.05) is 6.08 Å². The molecule has 0 saturated carbocycles. The molecular weight excluding hydrogens is 334 g/mol. The number of rotatable bonds is 6. The third-order valence-corrected chi connectivity index (χ3v) is 4.99. The number of piperazine rings is 1. The summed E-state index contributed by atoms with van der Waals surface area (Å²) in [6.45, 7) is 11.2. The molecule has 0 unspecified atom stereocenters. The number of methoxy groups -OCH3 is 1. The largest absolute Gasteiger partial charge is 0.497 e. The highest BCUT2D eigenvalue weighted by atomic mass is 32.1. The van der Waals surface area contributed by atoms with E-state index >= 15 is 0 Å². The van der Waals surface area contributed by atoms with Crippen LogP contribution in [0.25, 0.3) is 0 Å². The molecule has 6 nitrogen and oxygen atoms in total. The van der Waals surface area contributed by atoms with Crippen molar-refractivity contribution in [1.29, 1.82) is 0 Å². The number of anilines is 1. The highest BCUT2D eigenvalue weighted by molar-refractivity contribution is 7.71. The molecule has 0 atom stereocenters. The molecule has 1 aliphatic heterocycles. The fourth-order valence-electron chi connectivity index (χ4n) is 3.11. The lowest BCUT2D eigenvalue weighted by molar-refractivity contribution is 0.194. The summed E-state index contributed by atoms with van der Waals surface area (Å²) in [6, 6.07) is 8.25. The minimum absolute atomic E-state index is 0.704. The van der Waals surface area contributed by atoms with Crippen molar-refractivity contribution in [2.75, 3.05) is 38.2 Å². The number of hydrogen-bond acceptors (Lipinski definition) is 5. The van der Waals surface area contributed by atoms with Gasteiger partial charge in [-0.2, -0.15) is 5.10 Å². The molecule has 3 rings (SSSR count). The van der Waals surface area contributed by atoms with E-state index in [2.05, 4.69) is 33.6 Å². The van der Waals surface area contributed by atoms with Crippen LogP contribution in [0.5, 0.6) is 5.75 Å². The predicted molar refractivity (Wildman–Crippen MR) is 103 cm³/mol. The van der Waals surface area contributed by atoms with E-state index in [0.29, 0.717) is 6.54 Å². The number of ether oxygens (including phenoxy) is 1. The summed E-state index contributed by atoms with van der Waals surface area (Å²) < 4.78 is 9.91. The number of hydrogen-bond donors (Lipinski definition) is 0. The Morgan fingerprint density at radius 1 is 1.20 bits per heavy atom. The zero-order valence-electron chi connectivity index (χ0n) is 14.9. The van der Waals surface area contributed by atoms with Crippen LogP contribution in [0.15, 0.2) is 36.9 Å². The molecule has 134 valence electrons.